The lowest BCUT2D eigenvalue weighted by molar-refractivity contribution is -0.116. The van der Waals surface area contributed by atoms with Crippen molar-refractivity contribution >= 4 is 11.6 Å². The number of carbonyl (C=O) groups is 1. The molecule has 0 unspecified atom stereocenters. The number of halogens is 1. The molecule has 3 rings (SSSR count). The number of anilines is 1. The minimum Gasteiger partial charge on any atom is -0.462 e. The van der Waals surface area contributed by atoms with E-state index in [1.54, 1.807) is 47.1 Å². The van der Waals surface area contributed by atoms with Crippen molar-refractivity contribution in [1.82, 2.24) is 14.8 Å². The van der Waals surface area contributed by atoms with Crippen molar-refractivity contribution in [3.8, 4) is 23.1 Å². The van der Waals surface area contributed by atoms with Crippen LogP contribution in [0.2, 0.25) is 0 Å². The van der Waals surface area contributed by atoms with Crippen LogP contribution in [0.1, 0.15) is 34.1 Å². The number of ether oxygens (including phenoxy) is 1. The number of hydrogen-bond acceptors (Lipinski definition) is 4. The van der Waals surface area contributed by atoms with Crippen molar-refractivity contribution in [3.63, 3.8) is 0 Å². The zero-order chi connectivity index (χ0) is 21.7. The second kappa shape index (κ2) is 9.52. The van der Waals surface area contributed by atoms with E-state index in [4.69, 9.17) is 4.74 Å². The lowest BCUT2D eigenvalue weighted by atomic mass is 10.1. The van der Waals surface area contributed by atoms with E-state index >= 15 is 0 Å². The monoisotopic (exact) mass is 410 g/mol. The van der Waals surface area contributed by atoms with E-state index in [9.17, 15) is 9.18 Å². The van der Waals surface area contributed by atoms with Crippen LogP contribution in [0.4, 0.5) is 10.1 Å². The Morgan fingerprint density at radius 1 is 1.07 bits per heavy atom. The fourth-order valence-electron chi connectivity index (χ4n) is 2.86. The van der Waals surface area contributed by atoms with E-state index in [2.05, 4.69) is 15.4 Å². The third-order valence-corrected chi connectivity index (χ3v) is 4.24. The Labute approximate surface area is 176 Å². The summed E-state index contributed by atoms with van der Waals surface area (Å²) >= 11 is 0. The number of nitrogens with one attached hydrogen (secondary N) is 1. The van der Waals surface area contributed by atoms with Crippen molar-refractivity contribution in [2.45, 2.75) is 34.1 Å². The molecule has 1 amide bonds. The lowest BCUT2D eigenvalue weighted by Gasteiger charge is -2.09. The summed E-state index contributed by atoms with van der Waals surface area (Å²) in [6, 6.07) is 13.8. The topological polar surface area (TPSA) is 69.0 Å². The molecule has 3 aromatic rings. The average Bonchev–Trinajstić information content (AvgIpc) is 3.10. The summed E-state index contributed by atoms with van der Waals surface area (Å²) in [6.07, 6.45) is 0.457. The summed E-state index contributed by atoms with van der Waals surface area (Å²) in [5, 5.41) is 7.31. The molecule has 0 aliphatic carbocycles. The minimum atomic E-state index is -0.390. The van der Waals surface area contributed by atoms with Gasteiger partial charge in [-0.05, 0) is 48.2 Å². The van der Waals surface area contributed by atoms with Crippen LogP contribution in [0.5, 0.6) is 6.01 Å². The molecule has 0 saturated carbocycles. The standard InChI is InChI=1S/C23H27FN4O2/c1-15(2)13-21(29)25-17-9-11-18(12-10-17)28-22(19-7-5-6-8-20(19)24)26-23(27-28)30-14-16(3)4/h5-12,15-16H,13-14H2,1-4H3,(H,25,29). The van der Waals surface area contributed by atoms with Gasteiger partial charge in [0.25, 0.3) is 0 Å². The van der Waals surface area contributed by atoms with Gasteiger partial charge in [-0.2, -0.15) is 4.98 Å². The molecule has 2 aromatic carbocycles. The van der Waals surface area contributed by atoms with Crippen molar-refractivity contribution in [1.29, 1.82) is 0 Å². The first-order chi connectivity index (χ1) is 14.3. The molecular weight excluding hydrogens is 383 g/mol. The van der Waals surface area contributed by atoms with Crippen LogP contribution in [0.3, 0.4) is 0 Å². The Balaban J connectivity index is 1.91. The molecule has 6 nitrogen and oxygen atoms in total. The van der Waals surface area contributed by atoms with Gasteiger partial charge in [0.15, 0.2) is 5.82 Å². The van der Waals surface area contributed by atoms with Crippen LogP contribution in [-0.4, -0.2) is 27.3 Å². The fraction of sp³-hybridized carbons (Fsp3) is 0.348. The molecule has 1 aromatic heterocycles. The summed E-state index contributed by atoms with van der Waals surface area (Å²) < 4.78 is 21.6. The maximum atomic E-state index is 14.4. The Hall–Kier alpha value is -3.22. The van der Waals surface area contributed by atoms with Gasteiger partial charge in [-0.25, -0.2) is 9.07 Å². The zero-order valence-electron chi connectivity index (χ0n) is 17.7. The third-order valence-electron chi connectivity index (χ3n) is 4.24. The molecule has 0 fully saturated rings. The largest absolute Gasteiger partial charge is 0.462 e. The van der Waals surface area contributed by atoms with Gasteiger partial charge in [-0.15, -0.1) is 5.10 Å². The van der Waals surface area contributed by atoms with Gasteiger partial charge < -0.3 is 10.1 Å². The molecule has 1 heterocycles. The van der Waals surface area contributed by atoms with Crippen molar-refractivity contribution in [3.05, 3.63) is 54.3 Å². The number of rotatable bonds is 8. The van der Waals surface area contributed by atoms with Crippen LogP contribution < -0.4 is 10.1 Å². The number of carbonyl (C=O) groups excluding carboxylic acids is 1. The lowest BCUT2D eigenvalue weighted by Crippen LogP contribution is -2.13. The molecule has 0 aliphatic heterocycles. The van der Waals surface area contributed by atoms with Crippen molar-refractivity contribution in [2.24, 2.45) is 11.8 Å². The highest BCUT2D eigenvalue weighted by molar-refractivity contribution is 5.90. The van der Waals surface area contributed by atoms with E-state index < -0.39 is 0 Å². The van der Waals surface area contributed by atoms with Gasteiger partial charge in [0.2, 0.25) is 5.91 Å². The minimum absolute atomic E-state index is 0.0325. The Morgan fingerprint density at radius 3 is 2.40 bits per heavy atom. The number of nitrogens with zero attached hydrogens (tertiary/aromatic N) is 3. The number of amides is 1. The Morgan fingerprint density at radius 2 is 1.77 bits per heavy atom. The molecule has 0 radical (unpaired) electrons. The Bertz CT molecular complexity index is 997. The highest BCUT2D eigenvalue weighted by Gasteiger charge is 2.18. The molecule has 30 heavy (non-hydrogen) atoms. The van der Waals surface area contributed by atoms with Crippen LogP contribution in [0.25, 0.3) is 17.1 Å². The summed E-state index contributed by atoms with van der Waals surface area (Å²) in [5.41, 5.74) is 1.70. The first kappa shape index (κ1) is 21.5. The van der Waals surface area contributed by atoms with E-state index in [-0.39, 0.29) is 23.7 Å². The predicted octanol–water partition coefficient (Wildman–Crippen LogP) is 5.09. The zero-order valence-corrected chi connectivity index (χ0v) is 17.7. The van der Waals surface area contributed by atoms with Crippen molar-refractivity contribution < 1.29 is 13.9 Å². The van der Waals surface area contributed by atoms with Gasteiger partial charge in [0, 0.05) is 12.1 Å². The maximum Gasteiger partial charge on any atom is 0.336 e. The first-order valence-electron chi connectivity index (χ1n) is 10.1. The molecular formula is C23H27FN4O2. The average molecular weight is 410 g/mol. The van der Waals surface area contributed by atoms with E-state index in [0.29, 0.717) is 41.7 Å². The second-order valence-corrected chi connectivity index (χ2v) is 8.01. The van der Waals surface area contributed by atoms with Crippen LogP contribution in [0, 0.1) is 17.7 Å². The molecule has 1 N–H and O–H groups in total. The molecule has 0 spiro atoms. The number of benzene rings is 2. The second-order valence-electron chi connectivity index (χ2n) is 8.01. The van der Waals surface area contributed by atoms with Gasteiger partial charge >= 0.3 is 6.01 Å². The Kier molecular flexibility index (Phi) is 6.82. The summed E-state index contributed by atoms with van der Waals surface area (Å²) in [6.45, 7) is 8.51. The maximum absolute atomic E-state index is 14.4. The highest BCUT2D eigenvalue weighted by atomic mass is 19.1. The van der Waals surface area contributed by atoms with E-state index in [1.165, 1.54) is 6.07 Å². The smallest absolute Gasteiger partial charge is 0.336 e. The van der Waals surface area contributed by atoms with Crippen LogP contribution in [-0.2, 0) is 4.79 Å². The quantitative estimate of drug-likeness (QED) is 0.561. The highest BCUT2D eigenvalue weighted by Crippen LogP contribution is 2.26. The number of aromatic nitrogens is 3. The van der Waals surface area contributed by atoms with Crippen LogP contribution in [0.15, 0.2) is 48.5 Å². The summed E-state index contributed by atoms with van der Waals surface area (Å²) in [7, 11) is 0. The van der Waals surface area contributed by atoms with Gasteiger partial charge in [0.1, 0.15) is 5.82 Å². The van der Waals surface area contributed by atoms with Crippen molar-refractivity contribution in [2.75, 3.05) is 11.9 Å². The van der Waals surface area contributed by atoms with Gasteiger partial charge in [-0.1, -0.05) is 39.8 Å². The van der Waals surface area contributed by atoms with E-state index in [0.717, 1.165) is 0 Å². The predicted molar refractivity (Wildman–Crippen MR) is 115 cm³/mol. The summed E-state index contributed by atoms with van der Waals surface area (Å²) in [5.74, 6) is 0.520. The molecule has 0 aliphatic rings. The fourth-order valence-corrected chi connectivity index (χ4v) is 2.86. The van der Waals surface area contributed by atoms with Crippen LogP contribution >= 0.6 is 0 Å². The van der Waals surface area contributed by atoms with Gasteiger partial charge in [-0.3, -0.25) is 4.79 Å². The molecule has 0 bridgehead atoms. The third kappa shape index (κ3) is 5.43. The van der Waals surface area contributed by atoms with E-state index in [1.807, 2.05) is 27.7 Å². The normalized spacial score (nSPS) is 11.2. The SMILES string of the molecule is CC(C)COc1nc(-c2ccccc2F)n(-c2ccc(NC(=O)CC(C)C)cc2)n1. The molecule has 158 valence electrons. The molecule has 0 saturated heterocycles. The molecule has 0 atom stereocenters. The number of hydrogen-bond donors (Lipinski definition) is 1. The molecule has 7 heteroatoms. The summed E-state index contributed by atoms with van der Waals surface area (Å²) in [4.78, 5) is 16.4. The van der Waals surface area contributed by atoms with Gasteiger partial charge in [0.05, 0.1) is 17.9 Å². The first-order valence-corrected chi connectivity index (χ1v) is 10.1.